The molecule has 0 bridgehead atoms. The van der Waals surface area contributed by atoms with Crippen LogP contribution in [0.3, 0.4) is 0 Å². The first-order valence-electron chi connectivity index (χ1n) is 7.91. The Morgan fingerprint density at radius 1 is 1.14 bits per heavy atom. The van der Waals surface area contributed by atoms with Crippen molar-refractivity contribution in [3.8, 4) is 5.75 Å². The fraction of sp³-hybridized carbons (Fsp3) is 0.389. The molecule has 0 aliphatic rings. The van der Waals surface area contributed by atoms with Gasteiger partial charge in [0.2, 0.25) is 0 Å². The smallest absolute Gasteiger partial charge is 0.153 e. The Labute approximate surface area is 132 Å². The number of unbranched alkanes of at least 4 members (excludes halogenated alkanes) is 3. The maximum absolute atomic E-state index is 5.96. The average Bonchev–Trinajstić information content (AvgIpc) is 2.51. The van der Waals surface area contributed by atoms with E-state index in [9.17, 15) is 0 Å². The molecule has 1 aromatic carbocycles. The third-order valence-corrected chi connectivity index (χ3v) is 3.44. The first-order valence-corrected chi connectivity index (χ1v) is 7.91. The van der Waals surface area contributed by atoms with E-state index in [0.29, 0.717) is 11.5 Å². The molecule has 0 atom stereocenters. The summed E-state index contributed by atoms with van der Waals surface area (Å²) >= 11 is 0. The highest BCUT2D eigenvalue weighted by Gasteiger charge is 2.02. The van der Waals surface area contributed by atoms with E-state index >= 15 is 0 Å². The summed E-state index contributed by atoms with van der Waals surface area (Å²) in [6, 6.07) is 9.78. The van der Waals surface area contributed by atoms with Crippen LogP contribution in [0.1, 0.15) is 38.2 Å². The number of hydrogen-bond donors (Lipinski definition) is 2. The van der Waals surface area contributed by atoms with E-state index in [0.717, 1.165) is 30.0 Å². The molecule has 1 heterocycles. The van der Waals surface area contributed by atoms with Crippen LogP contribution < -0.4 is 15.8 Å². The van der Waals surface area contributed by atoms with Gasteiger partial charge in [-0.15, -0.1) is 0 Å². The van der Waals surface area contributed by atoms with Gasteiger partial charge in [-0.3, -0.25) is 0 Å². The lowest BCUT2D eigenvalue weighted by Crippen LogP contribution is -2.00. The number of hydrogen-bond acceptors (Lipinski definition) is 4. The van der Waals surface area contributed by atoms with Crippen molar-refractivity contribution in [1.82, 2.24) is 4.98 Å². The molecule has 0 saturated carbocycles. The van der Waals surface area contributed by atoms with E-state index in [1.807, 2.05) is 37.3 Å². The van der Waals surface area contributed by atoms with Crippen molar-refractivity contribution >= 4 is 17.2 Å². The summed E-state index contributed by atoms with van der Waals surface area (Å²) in [7, 11) is 0. The third kappa shape index (κ3) is 4.95. The summed E-state index contributed by atoms with van der Waals surface area (Å²) in [6.07, 6.45) is 6.66. The van der Waals surface area contributed by atoms with Crippen molar-refractivity contribution < 1.29 is 4.74 Å². The Bertz CT molecular complexity index is 581. The number of anilines is 3. The van der Waals surface area contributed by atoms with Crippen LogP contribution in [0.15, 0.2) is 36.5 Å². The van der Waals surface area contributed by atoms with Crippen LogP contribution in [-0.4, -0.2) is 11.6 Å². The zero-order valence-electron chi connectivity index (χ0n) is 13.4. The molecule has 0 aliphatic carbocycles. The minimum atomic E-state index is 0.649. The van der Waals surface area contributed by atoms with Crippen molar-refractivity contribution in [2.45, 2.75) is 39.5 Å². The Hall–Kier alpha value is -2.23. The topological polar surface area (TPSA) is 60.2 Å². The standard InChI is InChI=1S/C18H25N3O/c1-3-4-5-6-11-22-16-9-7-15(8-10-16)21-18-17(19)12-14(2)13-20-18/h7-10,12-13H,3-6,11,19H2,1-2H3,(H,20,21). The second kappa shape index (κ2) is 8.27. The summed E-state index contributed by atoms with van der Waals surface area (Å²) in [5.41, 5.74) is 8.60. The summed E-state index contributed by atoms with van der Waals surface area (Å²) < 4.78 is 5.73. The van der Waals surface area contributed by atoms with Crippen molar-refractivity contribution in [1.29, 1.82) is 0 Å². The molecule has 0 saturated heterocycles. The summed E-state index contributed by atoms with van der Waals surface area (Å²) in [5, 5.41) is 3.22. The molecular formula is C18H25N3O. The molecule has 4 heteroatoms. The predicted octanol–water partition coefficient (Wildman–Crippen LogP) is 4.67. The fourth-order valence-electron chi connectivity index (χ4n) is 2.19. The van der Waals surface area contributed by atoms with E-state index in [-0.39, 0.29) is 0 Å². The minimum absolute atomic E-state index is 0.649. The second-order valence-electron chi connectivity index (χ2n) is 5.51. The number of nitrogen functional groups attached to an aromatic ring is 1. The SMILES string of the molecule is CCCCCCOc1ccc(Nc2ncc(C)cc2N)cc1. The summed E-state index contributed by atoms with van der Waals surface area (Å²) in [6.45, 7) is 4.96. The van der Waals surface area contributed by atoms with Gasteiger partial charge in [0, 0.05) is 11.9 Å². The van der Waals surface area contributed by atoms with Gasteiger partial charge in [-0.2, -0.15) is 0 Å². The normalized spacial score (nSPS) is 10.5. The molecule has 2 rings (SSSR count). The van der Waals surface area contributed by atoms with Crippen molar-refractivity contribution in [2.24, 2.45) is 0 Å². The molecule has 0 aliphatic heterocycles. The van der Waals surface area contributed by atoms with Gasteiger partial charge >= 0.3 is 0 Å². The van der Waals surface area contributed by atoms with Crippen LogP contribution in [-0.2, 0) is 0 Å². The van der Waals surface area contributed by atoms with E-state index in [1.165, 1.54) is 19.3 Å². The van der Waals surface area contributed by atoms with Gasteiger partial charge < -0.3 is 15.8 Å². The fourth-order valence-corrected chi connectivity index (χ4v) is 2.19. The number of ether oxygens (including phenoxy) is 1. The van der Waals surface area contributed by atoms with Crippen LogP contribution in [0, 0.1) is 6.92 Å². The molecular weight excluding hydrogens is 274 g/mol. The number of nitrogens with one attached hydrogen (secondary N) is 1. The van der Waals surface area contributed by atoms with Crippen LogP contribution in [0.4, 0.5) is 17.2 Å². The predicted molar refractivity (Wildman–Crippen MR) is 92.7 cm³/mol. The Kier molecular flexibility index (Phi) is 6.07. The first kappa shape index (κ1) is 16.1. The zero-order chi connectivity index (χ0) is 15.8. The molecule has 118 valence electrons. The van der Waals surface area contributed by atoms with Crippen molar-refractivity contribution in [3.05, 3.63) is 42.1 Å². The van der Waals surface area contributed by atoms with Crippen LogP contribution in [0.25, 0.3) is 0 Å². The number of aryl methyl sites for hydroxylation is 1. The lowest BCUT2D eigenvalue weighted by Gasteiger charge is -2.10. The van der Waals surface area contributed by atoms with Crippen LogP contribution in [0.2, 0.25) is 0 Å². The first-order chi connectivity index (χ1) is 10.7. The largest absolute Gasteiger partial charge is 0.494 e. The zero-order valence-corrected chi connectivity index (χ0v) is 13.4. The van der Waals surface area contributed by atoms with Crippen LogP contribution in [0.5, 0.6) is 5.75 Å². The van der Waals surface area contributed by atoms with Gasteiger partial charge in [-0.1, -0.05) is 26.2 Å². The molecule has 3 N–H and O–H groups in total. The Morgan fingerprint density at radius 3 is 2.59 bits per heavy atom. The lowest BCUT2D eigenvalue weighted by molar-refractivity contribution is 0.305. The summed E-state index contributed by atoms with van der Waals surface area (Å²) in [4.78, 5) is 4.31. The molecule has 1 aromatic heterocycles. The average molecular weight is 299 g/mol. The summed E-state index contributed by atoms with van der Waals surface area (Å²) in [5.74, 6) is 1.57. The number of benzene rings is 1. The minimum Gasteiger partial charge on any atom is -0.494 e. The molecule has 0 unspecified atom stereocenters. The van der Waals surface area contributed by atoms with Gasteiger partial charge in [-0.25, -0.2) is 4.98 Å². The number of rotatable bonds is 8. The van der Waals surface area contributed by atoms with Crippen LogP contribution >= 0.6 is 0 Å². The molecule has 0 amide bonds. The van der Waals surface area contributed by atoms with Gasteiger partial charge in [0.25, 0.3) is 0 Å². The molecule has 2 aromatic rings. The van der Waals surface area contributed by atoms with E-state index in [1.54, 1.807) is 6.20 Å². The molecule has 0 radical (unpaired) electrons. The molecule has 4 nitrogen and oxygen atoms in total. The number of nitrogens with two attached hydrogens (primary N) is 1. The van der Waals surface area contributed by atoms with Gasteiger partial charge in [0.05, 0.1) is 12.3 Å². The highest BCUT2D eigenvalue weighted by molar-refractivity contribution is 5.69. The lowest BCUT2D eigenvalue weighted by atomic mass is 10.2. The highest BCUT2D eigenvalue weighted by atomic mass is 16.5. The third-order valence-electron chi connectivity index (χ3n) is 3.44. The monoisotopic (exact) mass is 299 g/mol. The van der Waals surface area contributed by atoms with E-state index < -0.39 is 0 Å². The Morgan fingerprint density at radius 2 is 1.91 bits per heavy atom. The highest BCUT2D eigenvalue weighted by Crippen LogP contribution is 2.23. The van der Waals surface area contributed by atoms with E-state index in [4.69, 9.17) is 10.5 Å². The van der Waals surface area contributed by atoms with E-state index in [2.05, 4.69) is 17.2 Å². The van der Waals surface area contributed by atoms with Gasteiger partial charge in [-0.05, 0) is 49.2 Å². The second-order valence-corrected chi connectivity index (χ2v) is 5.51. The van der Waals surface area contributed by atoms with Crippen molar-refractivity contribution in [3.63, 3.8) is 0 Å². The van der Waals surface area contributed by atoms with Gasteiger partial charge in [0.15, 0.2) is 5.82 Å². The number of aromatic nitrogens is 1. The number of nitrogens with zero attached hydrogens (tertiary/aromatic N) is 1. The maximum atomic E-state index is 5.96. The Balaban J connectivity index is 1.86. The molecule has 22 heavy (non-hydrogen) atoms. The van der Waals surface area contributed by atoms with Gasteiger partial charge in [0.1, 0.15) is 5.75 Å². The molecule has 0 fully saturated rings. The van der Waals surface area contributed by atoms with Crippen molar-refractivity contribution in [2.75, 3.05) is 17.7 Å². The molecule has 0 spiro atoms. The maximum Gasteiger partial charge on any atom is 0.153 e. The number of pyridine rings is 1. The quantitative estimate of drug-likeness (QED) is 0.695.